The average molecular weight is 490 g/mol. The number of sulfonamides is 1. The fraction of sp³-hybridized carbons (Fsp3) is 0.417. The molecule has 2 aromatic carbocycles. The summed E-state index contributed by atoms with van der Waals surface area (Å²) in [4.78, 5) is 27.4. The van der Waals surface area contributed by atoms with E-state index >= 15 is 0 Å². The lowest BCUT2D eigenvalue weighted by atomic mass is 9.97. The number of benzene rings is 2. The van der Waals surface area contributed by atoms with Gasteiger partial charge in [0.15, 0.2) is 0 Å². The van der Waals surface area contributed by atoms with Gasteiger partial charge in [-0.2, -0.15) is 0 Å². The Balaban J connectivity index is 1.77. The van der Waals surface area contributed by atoms with Gasteiger partial charge in [0, 0.05) is 42.6 Å². The summed E-state index contributed by atoms with van der Waals surface area (Å²) in [5.74, 6) is -0.298. The van der Waals surface area contributed by atoms with Crippen LogP contribution in [0.2, 0.25) is 0 Å². The van der Waals surface area contributed by atoms with Crippen molar-refractivity contribution in [2.24, 2.45) is 5.92 Å². The first kappa shape index (κ1) is 25.7. The lowest BCUT2D eigenvalue weighted by molar-refractivity contribution is 0.0650. The Bertz CT molecular complexity index is 1140. The molecule has 184 valence electrons. The van der Waals surface area contributed by atoms with E-state index in [1.165, 1.54) is 25.3 Å². The Kier molecular flexibility index (Phi) is 8.29. The lowest BCUT2D eigenvalue weighted by Crippen LogP contribution is -2.39. The van der Waals surface area contributed by atoms with Crippen LogP contribution >= 0.6 is 0 Å². The standard InChI is InChI=1S/C24H31N3O6S/c1-16(2)26-34(31,32)22-14-18(7-8-21(22)33-3)23(29)25-20-6-4-5-19(13-20)24(30)27-11-9-17(15-28)10-12-27/h4-8,13-14,16-17,26,28H,9-12,15H2,1-3H3,(H,25,29). The zero-order valence-corrected chi connectivity index (χ0v) is 20.4. The summed E-state index contributed by atoms with van der Waals surface area (Å²) in [5, 5.41) is 12.0. The average Bonchev–Trinajstić information content (AvgIpc) is 2.82. The molecular weight excluding hydrogens is 458 g/mol. The van der Waals surface area contributed by atoms with Crippen molar-refractivity contribution < 1.29 is 27.9 Å². The molecule has 9 nitrogen and oxygen atoms in total. The van der Waals surface area contributed by atoms with Crippen LogP contribution < -0.4 is 14.8 Å². The number of amides is 2. The molecule has 1 saturated heterocycles. The number of carbonyl (C=O) groups excluding carboxylic acids is 2. The van der Waals surface area contributed by atoms with Gasteiger partial charge in [-0.15, -0.1) is 0 Å². The molecule has 2 aromatic rings. The number of nitrogens with one attached hydrogen (secondary N) is 2. The van der Waals surface area contributed by atoms with Crippen LogP contribution in [-0.4, -0.2) is 63.1 Å². The fourth-order valence-electron chi connectivity index (χ4n) is 3.84. The van der Waals surface area contributed by atoms with Crippen LogP contribution in [0.15, 0.2) is 47.4 Å². The van der Waals surface area contributed by atoms with Crippen molar-refractivity contribution in [3.63, 3.8) is 0 Å². The number of rotatable bonds is 8. The van der Waals surface area contributed by atoms with Gasteiger partial charge in [0.05, 0.1) is 7.11 Å². The number of carbonyl (C=O) groups is 2. The van der Waals surface area contributed by atoms with Crippen molar-refractivity contribution in [3.05, 3.63) is 53.6 Å². The minimum absolute atomic E-state index is 0.127. The second kappa shape index (κ2) is 11.0. The molecule has 3 N–H and O–H groups in total. The van der Waals surface area contributed by atoms with E-state index in [-0.39, 0.29) is 40.7 Å². The molecule has 1 heterocycles. The second-order valence-corrected chi connectivity index (χ2v) is 10.3. The van der Waals surface area contributed by atoms with Crippen LogP contribution in [0.4, 0.5) is 5.69 Å². The summed E-state index contributed by atoms with van der Waals surface area (Å²) in [7, 11) is -2.53. The first-order chi connectivity index (χ1) is 16.1. The molecule has 10 heteroatoms. The van der Waals surface area contributed by atoms with Crippen molar-refractivity contribution in [2.45, 2.75) is 37.6 Å². The number of nitrogens with zero attached hydrogens (tertiary/aromatic N) is 1. The van der Waals surface area contributed by atoms with Crippen molar-refractivity contribution in [2.75, 3.05) is 32.1 Å². The summed E-state index contributed by atoms with van der Waals surface area (Å²) < 4.78 is 33.0. The van der Waals surface area contributed by atoms with E-state index in [4.69, 9.17) is 4.74 Å². The van der Waals surface area contributed by atoms with Gasteiger partial charge >= 0.3 is 0 Å². The van der Waals surface area contributed by atoms with E-state index in [1.54, 1.807) is 43.0 Å². The maximum atomic E-state index is 12.9. The first-order valence-corrected chi connectivity index (χ1v) is 12.6. The monoisotopic (exact) mass is 489 g/mol. The highest BCUT2D eigenvalue weighted by atomic mass is 32.2. The summed E-state index contributed by atoms with van der Waals surface area (Å²) >= 11 is 0. The molecule has 1 aliphatic heterocycles. The van der Waals surface area contributed by atoms with Crippen molar-refractivity contribution in [3.8, 4) is 5.75 Å². The normalized spacial score (nSPS) is 14.8. The second-order valence-electron chi connectivity index (χ2n) is 8.59. The fourth-order valence-corrected chi connectivity index (χ4v) is 5.28. The first-order valence-electron chi connectivity index (χ1n) is 11.2. The predicted molar refractivity (Wildman–Crippen MR) is 129 cm³/mol. The zero-order valence-electron chi connectivity index (χ0n) is 19.6. The van der Waals surface area contributed by atoms with E-state index in [9.17, 15) is 23.1 Å². The molecular formula is C24H31N3O6S. The highest BCUT2D eigenvalue weighted by Crippen LogP contribution is 2.26. The number of hydrogen-bond acceptors (Lipinski definition) is 6. The Morgan fingerprint density at radius 2 is 1.82 bits per heavy atom. The van der Waals surface area contributed by atoms with E-state index in [0.717, 1.165) is 12.8 Å². The number of anilines is 1. The van der Waals surface area contributed by atoms with Crippen LogP contribution in [0.3, 0.4) is 0 Å². The number of likely N-dealkylation sites (tertiary alicyclic amines) is 1. The highest BCUT2D eigenvalue weighted by molar-refractivity contribution is 7.89. The molecule has 1 fully saturated rings. The van der Waals surface area contributed by atoms with E-state index in [0.29, 0.717) is 24.3 Å². The molecule has 3 rings (SSSR count). The third-order valence-electron chi connectivity index (χ3n) is 5.63. The minimum atomic E-state index is -3.89. The third-order valence-corrected chi connectivity index (χ3v) is 7.31. The SMILES string of the molecule is COc1ccc(C(=O)Nc2cccc(C(=O)N3CCC(CO)CC3)c2)cc1S(=O)(=O)NC(C)C. The van der Waals surface area contributed by atoms with Crippen molar-refractivity contribution in [1.29, 1.82) is 0 Å². The quantitative estimate of drug-likeness (QED) is 0.523. The zero-order chi connectivity index (χ0) is 24.9. The van der Waals surface area contributed by atoms with Crippen LogP contribution in [0.5, 0.6) is 5.75 Å². The number of methoxy groups -OCH3 is 1. The number of ether oxygens (including phenoxy) is 1. The van der Waals surface area contributed by atoms with Gasteiger partial charge in [0.1, 0.15) is 10.6 Å². The Morgan fingerprint density at radius 1 is 1.12 bits per heavy atom. The summed E-state index contributed by atoms with van der Waals surface area (Å²) in [6, 6.07) is 10.5. The molecule has 0 aliphatic carbocycles. The lowest BCUT2D eigenvalue weighted by Gasteiger charge is -2.31. The maximum absolute atomic E-state index is 12.9. The Morgan fingerprint density at radius 3 is 2.44 bits per heavy atom. The molecule has 2 amide bonds. The van der Waals surface area contributed by atoms with Crippen molar-refractivity contribution >= 4 is 27.5 Å². The van der Waals surface area contributed by atoms with Crippen molar-refractivity contribution in [1.82, 2.24) is 9.62 Å². The summed E-state index contributed by atoms with van der Waals surface area (Å²) in [6.45, 7) is 4.68. The summed E-state index contributed by atoms with van der Waals surface area (Å²) in [6.07, 6.45) is 1.51. The van der Waals surface area contributed by atoms with E-state index in [2.05, 4.69) is 10.0 Å². The third kappa shape index (κ3) is 6.13. The van der Waals surface area contributed by atoms with Crippen LogP contribution in [0.1, 0.15) is 47.4 Å². The van der Waals surface area contributed by atoms with E-state index < -0.39 is 15.9 Å². The minimum Gasteiger partial charge on any atom is -0.495 e. The number of aliphatic hydroxyl groups excluding tert-OH is 1. The number of aliphatic hydroxyl groups is 1. The maximum Gasteiger partial charge on any atom is 0.255 e. The summed E-state index contributed by atoms with van der Waals surface area (Å²) in [5.41, 5.74) is 0.994. The highest BCUT2D eigenvalue weighted by Gasteiger charge is 2.24. The van der Waals surface area contributed by atoms with Gasteiger partial charge in [0.25, 0.3) is 11.8 Å². The molecule has 1 aliphatic rings. The molecule has 0 radical (unpaired) electrons. The smallest absolute Gasteiger partial charge is 0.255 e. The molecule has 34 heavy (non-hydrogen) atoms. The predicted octanol–water partition coefficient (Wildman–Crippen LogP) is 2.48. The largest absolute Gasteiger partial charge is 0.495 e. The molecule has 0 bridgehead atoms. The Labute approximate surface area is 200 Å². The molecule has 0 saturated carbocycles. The molecule has 0 unspecified atom stereocenters. The molecule has 0 atom stereocenters. The van der Waals surface area contributed by atoms with Gasteiger partial charge in [-0.1, -0.05) is 6.07 Å². The molecule has 0 aromatic heterocycles. The van der Waals surface area contributed by atoms with Gasteiger partial charge in [0.2, 0.25) is 10.0 Å². The Hall–Kier alpha value is -2.95. The van der Waals surface area contributed by atoms with Gasteiger partial charge in [-0.3, -0.25) is 9.59 Å². The number of hydrogen-bond donors (Lipinski definition) is 3. The van der Waals surface area contributed by atoms with E-state index in [1.807, 2.05) is 0 Å². The topological polar surface area (TPSA) is 125 Å². The van der Waals surface area contributed by atoms with Crippen LogP contribution in [0, 0.1) is 5.92 Å². The van der Waals surface area contributed by atoms with Gasteiger partial charge in [-0.25, -0.2) is 13.1 Å². The molecule has 0 spiro atoms. The van der Waals surface area contributed by atoms with Gasteiger partial charge < -0.3 is 20.1 Å². The van der Waals surface area contributed by atoms with Crippen LogP contribution in [-0.2, 0) is 10.0 Å². The number of piperidine rings is 1. The van der Waals surface area contributed by atoms with Crippen LogP contribution in [0.25, 0.3) is 0 Å². The van der Waals surface area contributed by atoms with Gasteiger partial charge in [-0.05, 0) is 69.0 Å².